The Bertz CT molecular complexity index is 551. The van der Waals surface area contributed by atoms with Gasteiger partial charge < -0.3 is 10.6 Å². The number of fused-ring (bicyclic) bond motifs is 1. The number of nitriles is 1. The van der Waals surface area contributed by atoms with Crippen LogP contribution in [0.5, 0.6) is 0 Å². The van der Waals surface area contributed by atoms with E-state index in [-0.39, 0.29) is 5.91 Å². The Morgan fingerprint density at radius 2 is 1.84 bits per heavy atom. The predicted octanol–water partition coefficient (Wildman–Crippen LogP) is 3.02. The van der Waals surface area contributed by atoms with E-state index in [9.17, 15) is 4.79 Å². The average Bonchev–Trinajstić information content (AvgIpc) is 2.66. The van der Waals surface area contributed by atoms with Crippen LogP contribution in [-0.4, -0.2) is 11.4 Å². The maximum absolute atomic E-state index is 12.4. The van der Waals surface area contributed by atoms with Gasteiger partial charge in [0.2, 0.25) is 5.91 Å². The number of benzene rings is 1. The Labute approximate surface area is 112 Å². The first kappa shape index (κ1) is 12.0. The van der Waals surface area contributed by atoms with Crippen LogP contribution < -0.4 is 10.6 Å². The maximum Gasteiger partial charge on any atom is 0.250 e. The summed E-state index contributed by atoms with van der Waals surface area (Å²) in [6.45, 7) is 0. The summed E-state index contributed by atoms with van der Waals surface area (Å²) in [7, 11) is 0. The second-order valence-corrected chi connectivity index (χ2v) is 5.45. The molecule has 1 amide bonds. The lowest BCUT2D eigenvalue weighted by Crippen LogP contribution is -2.52. The fraction of sp³-hybridized carbons (Fsp3) is 0.467. The number of anilines is 2. The molecule has 0 unspecified atom stereocenters. The molecule has 1 fully saturated rings. The lowest BCUT2D eigenvalue weighted by atomic mass is 9.86. The van der Waals surface area contributed by atoms with E-state index < -0.39 is 5.54 Å². The Kier molecular flexibility index (Phi) is 2.90. The Balaban J connectivity index is 1.97. The van der Waals surface area contributed by atoms with Gasteiger partial charge in [0, 0.05) is 0 Å². The van der Waals surface area contributed by atoms with Crippen LogP contribution >= 0.6 is 0 Å². The predicted molar refractivity (Wildman–Crippen MR) is 73.8 cm³/mol. The molecule has 0 radical (unpaired) electrons. The summed E-state index contributed by atoms with van der Waals surface area (Å²) in [4.78, 5) is 12.4. The van der Waals surface area contributed by atoms with Crippen LogP contribution in [0, 0.1) is 11.3 Å². The van der Waals surface area contributed by atoms with Crippen LogP contribution in [0.25, 0.3) is 0 Å². The van der Waals surface area contributed by atoms with Gasteiger partial charge in [-0.05, 0) is 31.0 Å². The van der Waals surface area contributed by atoms with Crippen molar-refractivity contribution in [1.29, 1.82) is 5.26 Å². The molecular weight excluding hydrogens is 238 g/mol. The highest BCUT2D eigenvalue weighted by Gasteiger charge is 2.41. The third-order valence-corrected chi connectivity index (χ3v) is 4.16. The average molecular weight is 255 g/mol. The normalized spacial score (nSPS) is 20.7. The molecule has 98 valence electrons. The molecule has 1 aliphatic carbocycles. The monoisotopic (exact) mass is 255 g/mol. The lowest BCUT2D eigenvalue weighted by Gasteiger charge is -2.38. The standard InChI is InChI=1S/C15H17N3O/c16-10-11-5-6-12-13(9-11)18-15(14(19)17-12)7-3-1-2-4-8-15/h5-6,9,18H,1-4,7-8H2,(H,17,19). The quantitative estimate of drug-likeness (QED) is 0.749. The van der Waals surface area contributed by atoms with Crippen molar-refractivity contribution in [2.45, 2.75) is 44.1 Å². The number of hydrogen-bond donors (Lipinski definition) is 2. The highest BCUT2D eigenvalue weighted by Crippen LogP contribution is 2.38. The summed E-state index contributed by atoms with van der Waals surface area (Å²) >= 11 is 0. The molecule has 0 atom stereocenters. The van der Waals surface area contributed by atoms with Crippen molar-refractivity contribution in [2.24, 2.45) is 0 Å². The number of carbonyl (C=O) groups is 1. The number of hydrogen-bond acceptors (Lipinski definition) is 3. The van der Waals surface area contributed by atoms with Crippen molar-refractivity contribution in [1.82, 2.24) is 0 Å². The minimum atomic E-state index is -0.475. The molecule has 1 aliphatic heterocycles. The Morgan fingerprint density at radius 1 is 1.11 bits per heavy atom. The van der Waals surface area contributed by atoms with Gasteiger partial charge in [-0.25, -0.2) is 0 Å². The van der Waals surface area contributed by atoms with Gasteiger partial charge in [-0.2, -0.15) is 5.26 Å². The molecule has 3 rings (SSSR count). The van der Waals surface area contributed by atoms with Crippen LogP contribution in [0.3, 0.4) is 0 Å². The third-order valence-electron chi connectivity index (χ3n) is 4.16. The summed E-state index contributed by atoms with van der Waals surface area (Å²) in [5.74, 6) is 0.0756. The first-order valence-corrected chi connectivity index (χ1v) is 6.87. The molecule has 1 heterocycles. The van der Waals surface area contributed by atoms with E-state index in [0.717, 1.165) is 37.1 Å². The molecule has 0 saturated heterocycles. The van der Waals surface area contributed by atoms with Gasteiger partial charge in [-0.15, -0.1) is 0 Å². The fourth-order valence-electron chi connectivity index (χ4n) is 3.07. The van der Waals surface area contributed by atoms with E-state index in [1.54, 1.807) is 12.1 Å². The molecular formula is C15H17N3O. The topological polar surface area (TPSA) is 64.9 Å². The SMILES string of the molecule is N#Cc1ccc2c(c1)NC1(CCCCCC1)C(=O)N2. The van der Waals surface area contributed by atoms with E-state index in [2.05, 4.69) is 16.7 Å². The fourth-order valence-corrected chi connectivity index (χ4v) is 3.07. The molecule has 19 heavy (non-hydrogen) atoms. The van der Waals surface area contributed by atoms with Gasteiger partial charge in [0.05, 0.1) is 23.0 Å². The van der Waals surface area contributed by atoms with E-state index in [4.69, 9.17) is 5.26 Å². The zero-order valence-electron chi connectivity index (χ0n) is 10.8. The van der Waals surface area contributed by atoms with Gasteiger partial charge in [0.25, 0.3) is 0 Å². The van der Waals surface area contributed by atoms with E-state index in [0.29, 0.717) is 5.56 Å². The zero-order valence-corrected chi connectivity index (χ0v) is 10.8. The Hall–Kier alpha value is -2.02. The summed E-state index contributed by atoms with van der Waals surface area (Å²) in [6.07, 6.45) is 6.29. The number of carbonyl (C=O) groups excluding carboxylic acids is 1. The largest absolute Gasteiger partial charge is 0.369 e. The molecule has 1 spiro atoms. The summed E-state index contributed by atoms with van der Waals surface area (Å²) in [6, 6.07) is 7.48. The van der Waals surface area contributed by atoms with Gasteiger partial charge in [-0.1, -0.05) is 25.7 Å². The van der Waals surface area contributed by atoms with Crippen molar-refractivity contribution < 1.29 is 4.79 Å². The zero-order chi connectivity index (χ0) is 13.3. The van der Waals surface area contributed by atoms with Crippen LogP contribution in [0.2, 0.25) is 0 Å². The Morgan fingerprint density at radius 3 is 2.53 bits per heavy atom. The van der Waals surface area contributed by atoms with Gasteiger partial charge in [0.1, 0.15) is 5.54 Å². The molecule has 4 nitrogen and oxygen atoms in total. The molecule has 2 aliphatic rings. The summed E-state index contributed by atoms with van der Waals surface area (Å²) in [5, 5.41) is 15.4. The molecule has 2 N–H and O–H groups in total. The number of nitrogens with zero attached hydrogens (tertiary/aromatic N) is 1. The van der Waals surface area contributed by atoms with Gasteiger partial charge in [0.15, 0.2) is 0 Å². The first-order chi connectivity index (χ1) is 9.23. The minimum Gasteiger partial charge on any atom is -0.369 e. The molecule has 1 aromatic rings. The number of rotatable bonds is 0. The number of amides is 1. The van der Waals surface area contributed by atoms with Crippen LogP contribution in [0.4, 0.5) is 11.4 Å². The van der Waals surface area contributed by atoms with Crippen molar-refractivity contribution in [2.75, 3.05) is 10.6 Å². The maximum atomic E-state index is 12.4. The van der Waals surface area contributed by atoms with Gasteiger partial charge >= 0.3 is 0 Å². The lowest BCUT2D eigenvalue weighted by molar-refractivity contribution is -0.121. The molecule has 4 heteroatoms. The summed E-state index contributed by atoms with van der Waals surface area (Å²) < 4.78 is 0. The second kappa shape index (κ2) is 4.58. The van der Waals surface area contributed by atoms with Crippen LogP contribution in [0.15, 0.2) is 18.2 Å². The van der Waals surface area contributed by atoms with Crippen molar-refractivity contribution in [3.8, 4) is 6.07 Å². The molecule has 0 bridgehead atoms. The third kappa shape index (κ3) is 2.06. The van der Waals surface area contributed by atoms with Crippen molar-refractivity contribution in [3.05, 3.63) is 23.8 Å². The van der Waals surface area contributed by atoms with Crippen molar-refractivity contribution in [3.63, 3.8) is 0 Å². The highest BCUT2D eigenvalue weighted by atomic mass is 16.2. The van der Waals surface area contributed by atoms with Crippen molar-refractivity contribution >= 4 is 17.3 Å². The number of nitrogens with one attached hydrogen (secondary N) is 2. The second-order valence-electron chi connectivity index (χ2n) is 5.45. The van der Waals surface area contributed by atoms with Gasteiger partial charge in [-0.3, -0.25) is 4.79 Å². The molecule has 1 saturated carbocycles. The molecule has 0 aromatic heterocycles. The smallest absolute Gasteiger partial charge is 0.250 e. The van der Waals surface area contributed by atoms with Crippen LogP contribution in [0.1, 0.15) is 44.1 Å². The van der Waals surface area contributed by atoms with Crippen LogP contribution in [-0.2, 0) is 4.79 Å². The highest BCUT2D eigenvalue weighted by molar-refractivity contribution is 6.06. The minimum absolute atomic E-state index is 0.0756. The van der Waals surface area contributed by atoms with E-state index in [1.807, 2.05) is 6.07 Å². The summed E-state index contributed by atoms with van der Waals surface area (Å²) in [5.41, 5.74) is 1.79. The van der Waals surface area contributed by atoms with E-state index in [1.165, 1.54) is 12.8 Å². The molecule has 1 aromatic carbocycles. The van der Waals surface area contributed by atoms with E-state index >= 15 is 0 Å². The first-order valence-electron chi connectivity index (χ1n) is 6.87.